The van der Waals surface area contributed by atoms with Crippen LogP contribution in [0.25, 0.3) is 11.0 Å². The third-order valence-corrected chi connectivity index (χ3v) is 4.72. The normalized spacial score (nSPS) is 14.6. The molecule has 0 spiro atoms. The fraction of sp³-hybridized carbons (Fsp3) is 0.300. The molecule has 2 heterocycles. The van der Waals surface area contributed by atoms with Crippen molar-refractivity contribution in [1.29, 1.82) is 0 Å². The van der Waals surface area contributed by atoms with Gasteiger partial charge in [-0.3, -0.25) is 4.79 Å². The molecule has 3 aromatic rings. The molecular weight excluding hydrogens is 312 g/mol. The third kappa shape index (κ3) is 3.65. The molecule has 0 unspecified atom stereocenters. The molecule has 1 fully saturated rings. The Morgan fingerprint density at radius 1 is 1.08 bits per heavy atom. The zero-order valence-corrected chi connectivity index (χ0v) is 14.2. The van der Waals surface area contributed by atoms with Gasteiger partial charge in [-0.05, 0) is 61.2 Å². The van der Waals surface area contributed by atoms with E-state index in [-0.39, 0.29) is 5.91 Å². The largest absolute Gasteiger partial charge is 0.372 e. The number of aromatic nitrogens is 2. The Labute approximate surface area is 147 Å². The van der Waals surface area contributed by atoms with Crippen molar-refractivity contribution in [2.75, 3.05) is 23.3 Å². The monoisotopic (exact) mass is 334 g/mol. The first-order chi connectivity index (χ1) is 12.3. The van der Waals surface area contributed by atoms with Gasteiger partial charge in [0.05, 0.1) is 23.8 Å². The first kappa shape index (κ1) is 15.7. The van der Waals surface area contributed by atoms with Crippen LogP contribution in [0.3, 0.4) is 0 Å². The molecule has 1 saturated heterocycles. The lowest BCUT2D eigenvalue weighted by Gasteiger charge is -2.28. The minimum Gasteiger partial charge on any atom is -0.372 e. The molecule has 1 amide bonds. The van der Waals surface area contributed by atoms with Crippen molar-refractivity contribution in [3.05, 3.63) is 54.4 Å². The summed E-state index contributed by atoms with van der Waals surface area (Å²) in [5, 5.41) is 2.98. The molecule has 128 valence electrons. The van der Waals surface area contributed by atoms with Gasteiger partial charge in [-0.2, -0.15) is 0 Å². The second kappa shape index (κ2) is 6.97. The number of hydrogen-bond acceptors (Lipinski definition) is 3. The summed E-state index contributed by atoms with van der Waals surface area (Å²) in [7, 11) is 0. The summed E-state index contributed by atoms with van der Waals surface area (Å²) in [6.07, 6.45) is 5.87. The van der Waals surface area contributed by atoms with Crippen molar-refractivity contribution in [2.45, 2.75) is 25.7 Å². The van der Waals surface area contributed by atoms with E-state index in [9.17, 15) is 4.79 Å². The summed E-state index contributed by atoms with van der Waals surface area (Å²) in [6.45, 7) is 2.25. The van der Waals surface area contributed by atoms with Crippen LogP contribution in [0.1, 0.15) is 24.8 Å². The van der Waals surface area contributed by atoms with E-state index in [1.54, 1.807) is 6.33 Å². The average molecular weight is 334 g/mol. The second-order valence-corrected chi connectivity index (χ2v) is 6.57. The van der Waals surface area contributed by atoms with Gasteiger partial charge in [0, 0.05) is 24.5 Å². The van der Waals surface area contributed by atoms with Crippen molar-refractivity contribution in [3.63, 3.8) is 0 Å². The molecule has 0 saturated carbocycles. The number of carbonyl (C=O) groups is 1. The molecule has 0 aliphatic carbocycles. The van der Waals surface area contributed by atoms with Gasteiger partial charge in [0.2, 0.25) is 5.91 Å². The molecule has 0 bridgehead atoms. The molecule has 5 heteroatoms. The maximum absolute atomic E-state index is 12.3. The van der Waals surface area contributed by atoms with Crippen LogP contribution in [0.2, 0.25) is 0 Å². The van der Waals surface area contributed by atoms with Crippen LogP contribution in [-0.4, -0.2) is 29.0 Å². The molecule has 0 radical (unpaired) electrons. The summed E-state index contributed by atoms with van der Waals surface area (Å²) in [6, 6.07) is 14.0. The summed E-state index contributed by atoms with van der Waals surface area (Å²) in [5.41, 5.74) is 4.92. The molecule has 5 nitrogen and oxygen atoms in total. The van der Waals surface area contributed by atoms with E-state index in [0.29, 0.717) is 6.42 Å². The Morgan fingerprint density at radius 3 is 2.68 bits per heavy atom. The molecule has 25 heavy (non-hydrogen) atoms. The summed E-state index contributed by atoms with van der Waals surface area (Å²) >= 11 is 0. The molecule has 0 atom stereocenters. The van der Waals surface area contributed by atoms with E-state index in [4.69, 9.17) is 0 Å². The topological polar surface area (TPSA) is 61.0 Å². The molecule has 1 aromatic heterocycles. The summed E-state index contributed by atoms with van der Waals surface area (Å²) in [5.74, 6) is -0.00964. The number of aromatic amines is 1. The number of benzene rings is 2. The van der Waals surface area contributed by atoms with E-state index in [1.165, 1.54) is 24.9 Å². The SMILES string of the molecule is O=C(Cc1ccc2nc[nH]c2c1)Nc1ccc(N2CCCCC2)cc1. The zero-order valence-electron chi connectivity index (χ0n) is 14.2. The number of amides is 1. The Balaban J connectivity index is 1.38. The van der Waals surface area contributed by atoms with Crippen LogP contribution < -0.4 is 10.2 Å². The van der Waals surface area contributed by atoms with Gasteiger partial charge in [-0.25, -0.2) is 4.98 Å². The highest BCUT2D eigenvalue weighted by atomic mass is 16.1. The quantitative estimate of drug-likeness (QED) is 0.764. The number of nitrogens with zero attached hydrogens (tertiary/aromatic N) is 2. The van der Waals surface area contributed by atoms with E-state index >= 15 is 0 Å². The molecular formula is C20H22N4O. The lowest BCUT2D eigenvalue weighted by Crippen LogP contribution is -2.29. The maximum atomic E-state index is 12.3. The van der Waals surface area contributed by atoms with Crippen LogP contribution in [0.15, 0.2) is 48.8 Å². The van der Waals surface area contributed by atoms with Crippen LogP contribution in [0.5, 0.6) is 0 Å². The Hall–Kier alpha value is -2.82. The van der Waals surface area contributed by atoms with Crippen LogP contribution in [0.4, 0.5) is 11.4 Å². The van der Waals surface area contributed by atoms with Crippen LogP contribution >= 0.6 is 0 Å². The highest BCUT2D eigenvalue weighted by Gasteiger charge is 2.11. The van der Waals surface area contributed by atoms with Gasteiger partial charge in [0.15, 0.2) is 0 Å². The number of imidazole rings is 1. The van der Waals surface area contributed by atoms with Crippen molar-refractivity contribution in [3.8, 4) is 0 Å². The van der Waals surface area contributed by atoms with E-state index in [1.807, 2.05) is 30.3 Å². The smallest absolute Gasteiger partial charge is 0.228 e. The third-order valence-electron chi connectivity index (χ3n) is 4.72. The lowest BCUT2D eigenvalue weighted by molar-refractivity contribution is -0.115. The van der Waals surface area contributed by atoms with Gasteiger partial charge < -0.3 is 15.2 Å². The van der Waals surface area contributed by atoms with Gasteiger partial charge in [-0.1, -0.05) is 6.07 Å². The van der Waals surface area contributed by atoms with Crippen LogP contribution in [-0.2, 0) is 11.2 Å². The molecule has 1 aliphatic heterocycles. The number of piperidine rings is 1. The number of H-pyrrole nitrogens is 1. The minimum atomic E-state index is -0.00964. The first-order valence-corrected chi connectivity index (χ1v) is 8.85. The number of fused-ring (bicyclic) bond motifs is 1. The zero-order chi connectivity index (χ0) is 17.1. The van der Waals surface area contributed by atoms with Crippen LogP contribution in [0, 0.1) is 0 Å². The van der Waals surface area contributed by atoms with Crippen molar-refractivity contribution in [2.24, 2.45) is 0 Å². The number of anilines is 2. The second-order valence-electron chi connectivity index (χ2n) is 6.57. The number of rotatable bonds is 4. The Morgan fingerprint density at radius 2 is 1.88 bits per heavy atom. The number of carbonyl (C=O) groups excluding carboxylic acids is 1. The van der Waals surface area contributed by atoms with Gasteiger partial charge in [-0.15, -0.1) is 0 Å². The highest BCUT2D eigenvalue weighted by Crippen LogP contribution is 2.22. The standard InChI is InChI=1S/C20H22N4O/c25-20(13-15-4-9-18-19(12-15)22-14-21-18)23-16-5-7-17(8-6-16)24-10-2-1-3-11-24/h4-9,12,14H,1-3,10-11,13H2,(H,21,22)(H,23,25). The number of hydrogen-bond donors (Lipinski definition) is 2. The fourth-order valence-electron chi connectivity index (χ4n) is 3.39. The Bertz CT molecular complexity index is 863. The predicted molar refractivity (Wildman–Crippen MR) is 101 cm³/mol. The lowest BCUT2D eigenvalue weighted by atomic mass is 10.1. The van der Waals surface area contributed by atoms with E-state index < -0.39 is 0 Å². The van der Waals surface area contributed by atoms with Crippen molar-refractivity contribution < 1.29 is 4.79 Å². The summed E-state index contributed by atoms with van der Waals surface area (Å²) < 4.78 is 0. The average Bonchev–Trinajstić information content (AvgIpc) is 3.11. The molecule has 1 aliphatic rings. The van der Waals surface area contributed by atoms with Crippen molar-refractivity contribution >= 4 is 28.3 Å². The minimum absolute atomic E-state index is 0.00964. The predicted octanol–water partition coefficient (Wildman–Crippen LogP) is 3.73. The van der Waals surface area contributed by atoms with Gasteiger partial charge >= 0.3 is 0 Å². The molecule has 2 N–H and O–H groups in total. The highest BCUT2D eigenvalue weighted by molar-refractivity contribution is 5.93. The summed E-state index contributed by atoms with van der Waals surface area (Å²) in [4.78, 5) is 22.0. The van der Waals surface area contributed by atoms with E-state index in [0.717, 1.165) is 35.4 Å². The molecule has 2 aromatic carbocycles. The number of nitrogens with one attached hydrogen (secondary N) is 2. The fourth-order valence-corrected chi connectivity index (χ4v) is 3.39. The molecule has 4 rings (SSSR count). The van der Waals surface area contributed by atoms with Crippen molar-refractivity contribution in [1.82, 2.24) is 9.97 Å². The Kier molecular flexibility index (Phi) is 4.37. The van der Waals surface area contributed by atoms with E-state index in [2.05, 4.69) is 32.3 Å². The van der Waals surface area contributed by atoms with Gasteiger partial charge in [0.25, 0.3) is 0 Å². The first-order valence-electron chi connectivity index (χ1n) is 8.85. The van der Waals surface area contributed by atoms with Gasteiger partial charge in [0.1, 0.15) is 0 Å². The maximum Gasteiger partial charge on any atom is 0.228 e.